The van der Waals surface area contributed by atoms with Crippen molar-refractivity contribution in [3.63, 3.8) is 0 Å². The molecule has 0 fully saturated rings. The fourth-order valence-corrected chi connectivity index (χ4v) is 1.27. The summed E-state index contributed by atoms with van der Waals surface area (Å²) < 4.78 is 23.4. The van der Waals surface area contributed by atoms with E-state index in [1.165, 1.54) is 12.1 Å². The molecule has 0 atom stereocenters. The number of hydrogen-bond donors (Lipinski definition) is 0. The Labute approximate surface area is 106 Å². The van der Waals surface area contributed by atoms with Gasteiger partial charge in [0.15, 0.2) is 0 Å². The maximum atomic E-state index is 13.2. The van der Waals surface area contributed by atoms with E-state index < -0.39 is 0 Å². The summed E-state index contributed by atoms with van der Waals surface area (Å²) >= 11 is 5.50. The molecule has 0 saturated heterocycles. The number of hydrogen-bond acceptors (Lipinski definition) is 2. The Balaban J connectivity index is 2.69. The van der Waals surface area contributed by atoms with E-state index in [9.17, 15) is 4.39 Å². The lowest BCUT2D eigenvalue weighted by Crippen LogP contribution is -2.04. The molecule has 0 saturated carbocycles. The third-order valence-corrected chi connectivity index (χ3v) is 2.07. The zero-order chi connectivity index (χ0) is 12.5. The molecule has 17 heavy (non-hydrogen) atoms. The van der Waals surface area contributed by atoms with Crippen molar-refractivity contribution in [2.45, 2.75) is 6.42 Å². The van der Waals surface area contributed by atoms with Gasteiger partial charge in [0, 0.05) is 31.0 Å². The first-order valence-corrected chi connectivity index (χ1v) is 5.77. The van der Waals surface area contributed by atoms with Gasteiger partial charge in [0.2, 0.25) is 0 Å². The van der Waals surface area contributed by atoms with Gasteiger partial charge in [-0.3, -0.25) is 0 Å². The first-order chi connectivity index (χ1) is 8.26. The van der Waals surface area contributed by atoms with Gasteiger partial charge in [0.05, 0.1) is 6.61 Å². The van der Waals surface area contributed by atoms with E-state index in [1.54, 1.807) is 13.2 Å². The van der Waals surface area contributed by atoms with Crippen LogP contribution in [-0.4, -0.2) is 26.2 Å². The van der Waals surface area contributed by atoms with Crippen LogP contribution in [0.3, 0.4) is 0 Å². The number of alkyl halides is 1. The third-order valence-electron chi connectivity index (χ3n) is 1.88. The van der Waals surface area contributed by atoms with Gasteiger partial charge in [-0.05, 0) is 12.1 Å². The fraction of sp³-hybridized carbons (Fsp3) is 0.385. The van der Waals surface area contributed by atoms with Crippen LogP contribution in [0.25, 0.3) is 0 Å². The van der Waals surface area contributed by atoms with Gasteiger partial charge in [-0.1, -0.05) is 11.8 Å². The number of benzene rings is 1. The second-order valence-corrected chi connectivity index (χ2v) is 3.64. The smallest absolute Gasteiger partial charge is 0.128 e. The van der Waals surface area contributed by atoms with E-state index in [1.807, 2.05) is 0 Å². The predicted molar refractivity (Wildman–Crippen MR) is 66.0 cm³/mol. The highest BCUT2D eigenvalue weighted by atomic mass is 35.5. The van der Waals surface area contributed by atoms with Crippen LogP contribution in [-0.2, 0) is 4.74 Å². The van der Waals surface area contributed by atoms with Crippen LogP contribution in [0.4, 0.5) is 4.39 Å². The highest BCUT2D eigenvalue weighted by Gasteiger charge is 2.00. The molecular weight excluding hydrogens is 243 g/mol. The molecule has 0 aromatic heterocycles. The Bertz CT molecular complexity index is 410. The predicted octanol–water partition coefficient (Wildman–Crippen LogP) is 2.83. The Hall–Kier alpha value is -1.24. The van der Waals surface area contributed by atoms with Crippen LogP contribution in [0, 0.1) is 17.7 Å². The van der Waals surface area contributed by atoms with E-state index >= 15 is 0 Å². The van der Waals surface area contributed by atoms with Crippen molar-refractivity contribution in [3.05, 3.63) is 29.6 Å². The van der Waals surface area contributed by atoms with E-state index in [0.717, 1.165) is 0 Å². The second-order valence-electron chi connectivity index (χ2n) is 3.26. The molecule has 0 amide bonds. The Morgan fingerprint density at radius 3 is 2.82 bits per heavy atom. The van der Waals surface area contributed by atoms with Crippen molar-refractivity contribution in [1.29, 1.82) is 0 Å². The minimum absolute atomic E-state index is 0.366. The van der Waals surface area contributed by atoms with Gasteiger partial charge in [-0.2, -0.15) is 0 Å². The van der Waals surface area contributed by atoms with Crippen LogP contribution < -0.4 is 4.74 Å². The lowest BCUT2D eigenvalue weighted by molar-refractivity contribution is 0.146. The highest BCUT2D eigenvalue weighted by molar-refractivity contribution is 6.18. The largest absolute Gasteiger partial charge is 0.491 e. The Morgan fingerprint density at radius 1 is 1.29 bits per heavy atom. The second kappa shape index (κ2) is 7.94. The SMILES string of the molecule is COCCOc1cc(F)cc(C#CCCCl)c1. The third kappa shape index (κ3) is 5.58. The number of methoxy groups -OCH3 is 1. The molecule has 1 aromatic carbocycles. The number of ether oxygens (including phenoxy) is 2. The molecule has 0 unspecified atom stereocenters. The summed E-state index contributed by atoms with van der Waals surface area (Å²) in [5.41, 5.74) is 0.586. The molecule has 0 spiro atoms. The summed E-state index contributed by atoms with van der Waals surface area (Å²) in [5, 5.41) is 0. The first-order valence-electron chi connectivity index (χ1n) is 5.23. The quantitative estimate of drug-likeness (QED) is 0.458. The van der Waals surface area contributed by atoms with Gasteiger partial charge >= 0.3 is 0 Å². The van der Waals surface area contributed by atoms with Crippen molar-refractivity contribution < 1.29 is 13.9 Å². The van der Waals surface area contributed by atoms with Crippen molar-refractivity contribution >= 4 is 11.6 Å². The van der Waals surface area contributed by atoms with E-state index in [0.29, 0.717) is 36.8 Å². The molecule has 1 rings (SSSR count). The molecule has 0 aliphatic carbocycles. The summed E-state index contributed by atoms with van der Waals surface area (Å²) in [6.07, 6.45) is 0.581. The van der Waals surface area contributed by atoms with Gasteiger partial charge in [0.1, 0.15) is 18.2 Å². The lowest BCUT2D eigenvalue weighted by Gasteiger charge is -2.05. The van der Waals surface area contributed by atoms with Crippen LogP contribution in [0.1, 0.15) is 12.0 Å². The number of rotatable bonds is 5. The molecule has 0 aliphatic rings. The average Bonchev–Trinajstić information content (AvgIpc) is 2.29. The van der Waals surface area contributed by atoms with Crippen molar-refractivity contribution in [1.82, 2.24) is 0 Å². The fourth-order valence-electron chi connectivity index (χ4n) is 1.17. The van der Waals surface area contributed by atoms with Gasteiger partial charge in [-0.15, -0.1) is 11.6 Å². The van der Waals surface area contributed by atoms with Gasteiger partial charge < -0.3 is 9.47 Å². The van der Waals surface area contributed by atoms with E-state index in [-0.39, 0.29) is 5.82 Å². The summed E-state index contributed by atoms with van der Waals surface area (Å²) in [5.74, 6) is 6.24. The normalized spacial score (nSPS) is 9.59. The van der Waals surface area contributed by atoms with E-state index in [2.05, 4.69) is 11.8 Å². The maximum absolute atomic E-state index is 13.2. The summed E-state index contributed by atoms with van der Waals surface area (Å²) in [6, 6.07) is 4.38. The topological polar surface area (TPSA) is 18.5 Å². The minimum Gasteiger partial charge on any atom is -0.491 e. The van der Waals surface area contributed by atoms with Crippen LogP contribution in [0.2, 0.25) is 0 Å². The first kappa shape index (κ1) is 13.8. The summed E-state index contributed by atoms with van der Waals surface area (Å²) in [6.45, 7) is 0.846. The molecule has 4 heteroatoms. The molecule has 2 nitrogen and oxygen atoms in total. The van der Waals surface area contributed by atoms with Crippen LogP contribution in [0.15, 0.2) is 18.2 Å². The number of halogens is 2. The molecule has 92 valence electrons. The molecular formula is C13H14ClFO2. The molecule has 0 radical (unpaired) electrons. The van der Waals surface area contributed by atoms with Crippen molar-refractivity contribution in [2.75, 3.05) is 26.2 Å². The molecule has 1 aromatic rings. The average molecular weight is 257 g/mol. The molecule has 0 N–H and O–H groups in total. The monoisotopic (exact) mass is 256 g/mol. The standard InChI is InChI=1S/C13H14ClFO2/c1-16-6-7-17-13-9-11(4-2-3-5-14)8-12(15)10-13/h8-10H,3,5-7H2,1H3. The minimum atomic E-state index is -0.366. The Kier molecular flexibility index (Phi) is 6.46. The van der Waals surface area contributed by atoms with Crippen LogP contribution >= 0.6 is 11.6 Å². The van der Waals surface area contributed by atoms with E-state index in [4.69, 9.17) is 21.1 Å². The zero-order valence-electron chi connectivity index (χ0n) is 9.63. The van der Waals surface area contributed by atoms with Crippen molar-refractivity contribution in [2.24, 2.45) is 0 Å². The van der Waals surface area contributed by atoms with Gasteiger partial charge in [0.25, 0.3) is 0 Å². The molecule has 0 aliphatic heterocycles. The lowest BCUT2D eigenvalue weighted by atomic mass is 10.2. The van der Waals surface area contributed by atoms with Gasteiger partial charge in [-0.25, -0.2) is 4.39 Å². The zero-order valence-corrected chi connectivity index (χ0v) is 10.4. The van der Waals surface area contributed by atoms with Crippen LogP contribution in [0.5, 0.6) is 5.75 Å². The maximum Gasteiger partial charge on any atom is 0.128 e. The van der Waals surface area contributed by atoms with Crippen molar-refractivity contribution in [3.8, 4) is 17.6 Å². The Morgan fingerprint density at radius 2 is 2.12 bits per heavy atom. The summed E-state index contributed by atoms with van der Waals surface area (Å²) in [7, 11) is 1.58. The molecule has 0 heterocycles. The molecule has 0 bridgehead atoms. The highest BCUT2D eigenvalue weighted by Crippen LogP contribution is 2.15. The summed E-state index contributed by atoms with van der Waals surface area (Å²) in [4.78, 5) is 0.